The second-order valence-electron chi connectivity index (χ2n) is 6.69. The van der Waals surface area contributed by atoms with Gasteiger partial charge in [-0.3, -0.25) is 0 Å². The third kappa shape index (κ3) is 3.91. The largest absolute Gasteiger partial charge is 0.465 e. The summed E-state index contributed by atoms with van der Waals surface area (Å²) in [6.45, 7) is 1.22. The average molecular weight is 471 g/mol. The van der Waals surface area contributed by atoms with Gasteiger partial charge in [0.1, 0.15) is 27.7 Å². The maximum atomic E-state index is 13.1. The molecule has 170 valence electrons. The summed E-state index contributed by atoms with van der Waals surface area (Å²) in [4.78, 5) is 41.9. The lowest BCUT2D eigenvalue weighted by Gasteiger charge is -2.09. The van der Waals surface area contributed by atoms with Crippen LogP contribution < -0.4 is 5.73 Å². The van der Waals surface area contributed by atoms with Crippen LogP contribution in [0.1, 0.15) is 41.6 Å². The maximum Gasteiger partial charge on any atom is 0.348 e. The number of anilines is 1. The van der Waals surface area contributed by atoms with E-state index in [1.807, 2.05) is 0 Å². The van der Waals surface area contributed by atoms with E-state index in [1.54, 1.807) is 19.1 Å². The third-order valence-corrected chi connectivity index (χ3v) is 5.79. The molecule has 0 spiro atoms. The van der Waals surface area contributed by atoms with Crippen molar-refractivity contribution in [2.45, 2.75) is 13.5 Å². The van der Waals surface area contributed by atoms with E-state index in [4.69, 9.17) is 28.9 Å². The lowest BCUT2D eigenvalue weighted by molar-refractivity contribution is 0.0454. The molecule has 4 aromatic rings. The van der Waals surface area contributed by atoms with Crippen molar-refractivity contribution in [3.05, 3.63) is 51.7 Å². The highest BCUT2D eigenvalue weighted by Gasteiger charge is 2.29. The third-order valence-electron chi connectivity index (χ3n) is 4.75. The molecular formula is C21H17N3O8S. The number of aromatic nitrogens is 2. The molecule has 0 aromatic carbocycles. The number of carbonyl (C=O) groups excluding carboxylic acids is 3. The second-order valence-corrected chi connectivity index (χ2v) is 7.74. The van der Waals surface area contributed by atoms with Gasteiger partial charge < -0.3 is 28.9 Å². The lowest BCUT2D eigenvalue weighted by Crippen LogP contribution is -2.13. The molecule has 0 unspecified atom stereocenters. The van der Waals surface area contributed by atoms with Crippen LogP contribution in [-0.2, 0) is 20.8 Å². The van der Waals surface area contributed by atoms with E-state index in [-0.39, 0.29) is 32.3 Å². The minimum absolute atomic E-state index is 0.0282. The topological polar surface area (TPSA) is 157 Å². The molecule has 33 heavy (non-hydrogen) atoms. The smallest absolute Gasteiger partial charge is 0.348 e. The fourth-order valence-electron chi connectivity index (χ4n) is 3.23. The number of hydrogen-bond acceptors (Lipinski definition) is 12. The number of methoxy groups -OCH3 is 2. The second kappa shape index (κ2) is 8.74. The number of nitrogens with two attached hydrogens (primary N) is 1. The number of esters is 3. The Labute approximate surface area is 190 Å². The molecule has 4 heterocycles. The van der Waals surface area contributed by atoms with E-state index in [0.29, 0.717) is 22.5 Å². The number of thiophene rings is 1. The summed E-state index contributed by atoms with van der Waals surface area (Å²) < 4.78 is 25.6. The Balaban J connectivity index is 1.73. The van der Waals surface area contributed by atoms with Gasteiger partial charge in [0.05, 0.1) is 37.1 Å². The van der Waals surface area contributed by atoms with Crippen LogP contribution in [0.15, 0.2) is 33.4 Å². The van der Waals surface area contributed by atoms with Crippen LogP contribution in [0.2, 0.25) is 0 Å². The number of carbonyl (C=O) groups is 3. The van der Waals surface area contributed by atoms with Gasteiger partial charge in [0.15, 0.2) is 5.76 Å². The maximum absolute atomic E-state index is 13.1. The standard InChI is InChI=1S/C21H17N3O8S/c1-9-14-10(7-12(13-5-4-6-30-13)23-18(14)32-24-9)19(25)31-8-11-15(20(26)28-2)17(22)33-16(11)21(27)29-3/h4-7H,8,22H2,1-3H3. The number of fused-ring (bicyclic) bond motifs is 1. The van der Waals surface area contributed by atoms with Crippen molar-refractivity contribution in [2.75, 3.05) is 20.0 Å². The summed E-state index contributed by atoms with van der Waals surface area (Å²) in [5, 5.41) is 4.27. The van der Waals surface area contributed by atoms with Gasteiger partial charge in [-0.2, -0.15) is 0 Å². The summed E-state index contributed by atoms with van der Waals surface area (Å²) in [5.74, 6) is -1.86. The van der Waals surface area contributed by atoms with Gasteiger partial charge in [0.25, 0.3) is 5.71 Å². The summed E-state index contributed by atoms with van der Waals surface area (Å²) in [6.07, 6.45) is 1.47. The summed E-state index contributed by atoms with van der Waals surface area (Å²) in [5.41, 5.74) is 6.94. The number of rotatable bonds is 6. The molecule has 0 fully saturated rings. The van der Waals surface area contributed by atoms with E-state index >= 15 is 0 Å². The molecule has 0 aliphatic heterocycles. The first-order chi connectivity index (χ1) is 15.8. The van der Waals surface area contributed by atoms with Gasteiger partial charge in [-0.15, -0.1) is 11.3 Å². The molecule has 11 nitrogen and oxygen atoms in total. The summed E-state index contributed by atoms with van der Waals surface area (Å²) in [7, 11) is 2.36. The normalized spacial score (nSPS) is 10.9. The van der Waals surface area contributed by atoms with Crippen molar-refractivity contribution in [2.24, 2.45) is 0 Å². The zero-order chi connectivity index (χ0) is 23.7. The summed E-state index contributed by atoms with van der Waals surface area (Å²) >= 11 is 0.836. The Morgan fingerprint density at radius 1 is 1.15 bits per heavy atom. The van der Waals surface area contributed by atoms with E-state index in [1.165, 1.54) is 26.5 Å². The van der Waals surface area contributed by atoms with Gasteiger partial charge >= 0.3 is 17.9 Å². The van der Waals surface area contributed by atoms with Crippen LogP contribution in [0.3, 0.4) is 0 Å². The van der Waals surface area contributed by atoms with Crippen LogP contribution in [0.5, 0.6) is 0 Å². The quantitative estimate of drug-likeness (QED) is 0.325. The predicted octanol–water partition coefficient (Wildman–Crippen LogP) is 3.37. The predicted molar refractivity (Wildman–Crippen MR) is 115 cm³/mol. The molecule has 2 N–H and O–H groups in total. The Hall–Kier alpha value is -4.19. The molecule has 0 saturated heterocycles. The van der Waals surface area contributed by atoms with Gasteiger partial charge in [-0.25, -0.2) is 19.4 Å². The lowest BCUT2D eigenvalue weighted by atomic mass is 10.1. The van der Waals surface area contributed by atoms with Gasteiger partial charge in [0.2, 0.25) is 0 Å². The molecule has 0 aliphatic rings. The molecule has 12 heteroatoms. The van der Waals surface area contributed by atoms with E-state index in [9.17, 15) is 14.4 Å². The molecule has 0 amide bonds. The van der Waals surface area contributed by atoms with E-state index in [0.717, 1.165) is 11.3 Å². The minimum Gasteiger partial charge on any atom is -0.465 e. The van der Waals surface area contributed by atoms with Crippen LogP contribution in [0.4, 0.5) is 5.00 Å². The zero-order valence-electron chi connectivity index (χ0n) is 17.7. The molecule has 0 atom stereocenters. The molecule has 4 rings (SSSR count). The van der Waals surface area contributed by atoms with E-state index in [2.05, 4.69) is 10.1 Å². The Morgan fingerprint density at radius 2 is 1.91 bits per heavy atom. The fourth-order valence-corrected chi connectivity index (χ4v) is 4.21. The van der Waals surface area contributed by atoms with Crippen molar-refractivity contribution in [3.8, 4) is 11.5 Å². The SMILES string of the molecule is COC(=O)c1sc(N)c(C(=O)OC)c1COC(=O)c1cc(-c2ccco2)nc2onc(C)c12. The average Bonchev–Trinajstić information content (AvgIpc) is 3.55. The van der Waals surface area contributed by atoms with Crippen LogP contribution >= 0.6 is 11.3 Å². The monoisotopic (exact) mass is 471 g/mol. The first-order valence-corrected chi connectivity index (χ1v) is 10.2. The molecule has 0 bridgehead atoms. The number of hydrogen-bond donors (Lipinski definition) is 1. The van der Waals surface area contributed by atoms with E-state index < -0.39 is 24.5 Å². The van der Waals surface area contributed by atoms with Gasteiger partial charge in [-0.05, 0) is 25.1 Å². The highest BCUT2D eigenvalue weighted by Crippen LogP contribution is 2.34. The number of pyridine rings is 1. The molecule has 4 aromatic heterocycles. The highest BCUT2D eigenvalue weighted by molar-refractivity contribution is 7.18. The van der Waals surface area contributed by atoms with Crippen LogP contribution in [0, 0.1) is 6.92 Å². The Bertz CT molecular complexity index is 1370. The Morgan fingerprint density at radius 3 is 2.58 bits per heavy atom. The first-order valence-electron chi connectivity index (χ1n) is 9.41. The number of nitrogens with zero attached hydrogens (tertiary/aromatic N) is 2. The molecule has 0 aliphatic carbocycles. The molecular weight excluding hydrogens is 454 g/mol. The number of aryl methyl sites for hydroxylation is 1. The Kier molecular flexibility index (Phi) is 5.84. The number of ether oxygens (including phenoxy) is 3. The molecule has 0 saturated carbocycles. The highest BCUT2D eigenvalue weighted by atomic mass is 32.1. The van der Waals surface area contributed by atoms with Crippen molar-refractivity contribution in [1.29, 1.82) is 0 Å². The zero-order valence-corrected chi connectivity index (χ0v) is 18.5. The fraction of sp³-hybridized carbons (Fsp3) is 0.190. The van der Waals surface area contributed by atoms with Crippen molar-refractivity contribution in [3.63, 3.8) is 0 Å². The number of nitrogen functional groups attached to an aromatic ring is 1. The van der Waals surface area contributed by atoms with Crippen molar-refractivity contribution >= 4 is 45.3 Å². The summed E-state index contributed by atoms with van der Waals surface area (Å²) in [6, 6.07) is 4.83. The van der Waals surface area contributed by atoms with Crippen LogP contribution in [0.25, 0.3) is 22.6 Å². The number of furan rings is 1. The minimum atomic E-state index is -0.772. The van der Waals surface area contributed by atoms with Crippen molar-refractivity contribution in [1.82, 2.24) is 10.1 Å². The molecule has 0 radical (unpaired) electrons. The van der Waals surface area contributed by atoms with Crippen molar-refractivity contribution < 1.29 is 37.5 Å². The van der Waals surface area contributed by atoms with Crippen LogP contribution in [-0.4, -0.2) is 42.3 Å². The first kappa shape index (κ1) is 22.0. The van der Waals surface area contributed by atoms with Gasteiger partial charge in [-0.1, -0.05) is 5.16 Å². The van der Waals surface area contributed by atoms with Gasteiger partial charge in [0, 0.05) is 5.56 Å².